The van der Waals surface area contributed by atoms with E-state index < -0.39 is 11.9 Å². The Labute approximate surface area is 126 Å². The molecule has 1 heterocycles. The normalized spacial score (nSPS) is 18.8. The molecule has 0 spiro atoms. The van der Waals surface area contributed by atoms with Gasteiger partial charge in [0.05, 0.1) is 19.1 Å². The maximum atomic E-state index is 11.8. The van der Waals surface area contributed by atoms with Crippen LogP contribution in [0.4, 0.5) is 4.79 Å². The monoisotopic (exact) mass is 301 g/mol. The van der Waals surface area contributed by atoms with Gasteiger partial charge in [-0.1, -0.05) is 13.3 Å². The third-order valence-corrected chi connectivity index (χ3v) is 3.51. The highest BCUT2D eigenvalue weighted by Gasteiger charge is 2.18. The van der Waals surface area contributed by atoms with Gasteiger partial charge in [-0.3, -0.25) is 9.69 Å². The maximum absolute atomic E-state index is 11.8. The molecule has 1 fully saturated rings. The Morgan fingerprint density at radius 2 is 2.00 bits per heavy atom. The Balaban J connectivity index is 2.23. The Morgan fingerprint density at radius 1 is 1.33 bits per heavy atom. The Morgan fingerprint density at radius 3 is 2.57 bits per heavy atom. The van der Waals surface area contributed by atoms with Crippen molar-refractivity contribution in [3.63, 3.8) is 0 Å². The van der Waals surface area contributed by atoms with Crippen LogP contribution in [0.15, 0.2) is 0 Å². The lowest BCUT2D eigenvalue weighted by Crippen LogP contribution is -2.49. The number of morpholine rings is 1. The molecule has 21 heavy (non-hydrogen) atoms. The molecule has 3 N–H and O–H groups in total. The summed E-state index contributed by atoms with van der Waals surface area (Å²) in [5.74, 6) is -1.38. The van der Waals surface area contributed by atoms with E-state index in [1.807, 2.05) is 13.8 Å². The van der Waals surface area contributed by atoms with Crippen molar-refractivity contribution in [1.29, 1.82) is 0 Å². The number of carbonyl (C=O) groups excluding carboxylic acids is 1. The largest absolute Gasteiger partial charge is 0.481 e. The molecule has 1 rings (SSSR count). The minimum Gasteiger partial charge on any atom is -0.481 e. The zero-order chi connectivity index (χ0) is 15.7. The topological polar surface area (TPSA) is 90.9 Å². The number of nitrogens with one attached hydrogen (secondary N) is 2. The van der Waals surface area contributed by atoms with Crippen LogP contribution in [-0.4, -0.2) is 67.4 Å². The molecule has 0 aromatic heterocycles. The number of urea groups is 1. The summed E-state index contributed by atoms with van der Waals surface area (Å²) in [6.45, 7) is 8.03. The molecule has 0 aliphatic carbocycles. The summed E-state index contributed by atoms with van der Waals surface area (Å²) < 4.78 is 5.28. The second-order valence-corrected chi connectivity index (χ2v) is 5.49. The van der Waals surface area contributed by atoms with E-state index in [9.17, 15) is 9.59 Å². The van der Waals surface area contributed by atoms with Crippen molar-refractivity contribution < 1.29 is 19.4 Å². The highest BCUT2D eigenvalue weighted by molar-refractivity contribution is 5.76. The molecule has 0 saturated carbocycles. The van der Waals surface area contributed by atoms with Crippen LogP contribution in [0.5, 0.6) is 0 Å². The van der Waals surface area contributed by atoms with Gasteiger partial charge in [0.2, 0.25) is 0 Å². The number of carboxylic acid groups (broad SMARTS) is 1. The van der Waals surface area contributed by atoms with Crippen molar-refractivity contribution in [1.82, 2.24) is 15.5 Å². The molecule has 2 amide bonds. The molecule has 2 unspecified atom stereocenters. The Bertz CT molecular complexity index is 332. The number of hydrogen-bond donors (Lipinski definition) is 3. The molecule has 0 aromatic rings. The van der Waals surface area contributed by atoms with E-state index in [-0.39, 0.29) is 18.6 Å². The van der Waals surface area contributed by atoms with Crippen molar-refractivity contribution in [2.24, 2.45) is 5.92 Å². The predicted molar refractivity (Wildman–Crippen MR) is 79.3 cm³/mol. The molecular formula is C14H27N3O4. The van der Waals surface area contributed by atoms with Gasteiger partial charge in [0.25, 0.3) is 0 Å². The summed E-state index contributed by atoms with van der Waals surface area (Å²) in [7, 11) is 0. The summed E-state index contributed by atoms with van der Waals surface area (Å²) in [4.78, 5) is 25.0. The molecule has 0 aromatic carbocycles. The van der Waals surface area contributed by atoms with E-state index in [1.165, 1.54) is 0 Å². The first-order chi connectivity index (χ1) is 10.0. The number of ether oxygens (including phenoxy) is 1. The fourth-order valence-corrected chi connectivity index (χ4v) is 2.37. The van der Waals surface area contributed by atoms with Crippen molar-refractivity contribution >= 4 is 12.0 Å². The van der Waals surface area contributed by atoms with Crippen LogP contribution in [0.2, 0.25) is 0 Å². The lowest BCUT2D eigenvalue weighted by atomic mass is 10.0. The number of carboxylic acids is 1. The first-order valence-corrected chi connectivity index (χ1v) is 7.60. The van der Waals surface area contributed by atoms with Gasteiger partial charge in [0.15, 0.2) is 0 Å². The van der Waals surface area contributed by atoms with Crippen molar-refractivity contribution in [2.75, 3.05) is 39.4 Å². The standard InChI is InChI=1S/C14H27N3O4/c1-3-4-12(13(18)19)9-15-14(20)16-11(2)10-17-5-7-21-8-6-17/h11-12H,3-10H2,1-2H3,(H,18,19)(H2,15,16,20). The quantitative estimate of drug-likeness (QED) is 0.607. The number of amides is 2. The Kier molecular flexibility index (Phi) is 8.07. The third-order valence-electron chi connectivity index (χ3n) is 3.51. The van der Waals surface area contributed by atoms with E-state index in [2.05, 4.69) is 15.5 Å². The minimum absolute atomic E-state index is 0.0116. The summed E-state index contributed by atoms with van der Waals surface area (Å²) in [5.41, 5.74) is 0. The zero-order valence-electron chi connectivity index (χ0n) is 12.9. The van der Waals surface area contributed by atoms with Crippen molar-refractivity contribution in [3.8, 4) is 0 Å². The van der Waals surface area contributed by atoms with Crippen LogP contribution in [0.1, 0.15) is 26.7 Å². The molecule has 7 nitrogen and oxygen atoms in total. The average Bonchev–Trinajstić information content (AvgIpc) is 2.44. The average molecular weight is 301 g/mol. The first kappa shape index (κ1) is 17.7. The number of rotatable bonds is 8. The lowest BCUT2D eigenvalue weighted by Gasteiger charge is -2.29. The Hall–Kier alpha value is -1.34. The third kappa shape index (κ3) is 7.29. The molecule has 1 saturated heterocycles. The number of carbonyl (C=O) groups is 2. The predicted octanol–water partition coefficient (Wildman–Crippen LogP) is 0.507. The fourth-order valence-electron chi connectivity index (χ4n) is 2.37. The van der Waals surface area contributed by atoms with Gasteiger partial charge in [-0.15, -0.1) is 0 Å². The van der Waals surface area contributed by atoms with E-state index in [0.717, 1.165) is 39.3 Å². The van der Waals surface area contributed by atoms with Gasteiger partial charge in [0.1, 0.15) is 0 Å². The molecule has 1 aliphatic rings. The molecule has 2 atom stereocenters. The van der Waals surface area contributed by atoms with E-state index >= 15 is 0 Å². The SMILES string of the molecule is CCCC(CNC(=O)NC(C)CN1CCOCC1)C(=O)O. The highest BCUT2D eigenvalue weighted by Crippen LogP contribution is 2.05. The minimum atomic E-state index is -0.862. The van der Waals surface area contributed by atoms with Crippen LogP contribution < -0.4 is 10.6 Å². The second kappa shape index (κ2) is 9.57. The van der Waals surface area contributed by atoms with Gasteiger partial charge in [-0.25, -0.2) is 4.79 Å². The molecule has 122 valence electrons. The second-order valence-electron chi connectivity index (χ2n) is 5.49. The van der Waals surface area contributed by atoms with Gasteiger partial charge >= 0.3 is 12.0 Å². The number of hydrogen-bond acceptors (Lipinski definition) is 4. The first-order valence-electron chi connectivity index (χ1n) is 7.60. The van der Waals surface area contributed by atoms with E-state index in [4.69, 9.17) is 9.84 Å². The van der Waals surface area contributed by atoms with Gasteiger partial charge in [0, 0.05) is 32.2 Å². The fraction of sp³-hybridized carbons (Fsp3) is 0.857. The van der Waals surface area contributed by atoms with Crippen LogP contribution >= 0.6 is 0 Å². The molecule has 0 radical (unpaired) electrons. The summed E-state index contributed by atoms with van der Waals surface area (Å²) in [6.07, 6.45) is 1.35. The lowest BCUT2D eigenvalue weighted by molar-refractivity contribution is -0.141. The molecule has 7 heteroatoms. The van der Waals surface area contributed by atoms with Crippen LogP contribution in [0.25, 0.3) is 0 Å². The van der Waals surface area contributed by atoms with Gasteiger partial charge in [-0.2, -0.15) is 0 Å². The van der Waals surface area contributed by atoms with Crippen molar-refractivity contribution in [2.45, 2.75) is 32.7 Å². The summed E-state index contributed by atoms with van der Waals surface area (Å²) in [5, 5.41) is 14.5. The molecule has 0 bridgehead atoms. The van der Waals surface area contributed by atoms with Crippen molar-refractivity contribution in [3.05, 3.63) is 0 Å². The number of nitrogens with zero attached hydrogens (tertiary/aromatic N) is 1. The molecular weight excluding hydrogens is 274 g/mol. The smallest absolute Gasteiger partial charge is 0.315 e. The van der Waals surface area contributed by atoms with E-state index in [1.54, 1.807) is 0 Å². The molecule has 1 aliphatic heterocycles. The maximum Gasteiger partial charge on any atom is 0.315 e. The van der Waals surface area contributed by atoms with E-state index in [0.29, 0.717) is 6.42 Å². The summed E-state index contributed by atoms with van der Waals surface area (Å²) in [6, 6.07) is -0.296. The summed E-state index contributed by atoms with van der Waals surface area (Å²) >= 11 is 0. The highest BCUT2D eigenvalue weighted by atomic mass is 16.5. The van der Waals surface area contributed by atoms with Crippen LogP contribution in [0, 0.1) is 5.92 Å². The zero-order valence-corrected chi connectivity index (χ0v) is 12.9. The van der Waals surface area contributed by atoms with Gasteiger partial charge in [-0.05, 0) is 13.3 Å². The van der Waals surface area contributed by atoms with Crippen LogP contribution in [0.3, 0.4) is 0 Å². The van der Waals surface area contributed by atoms with Crippen LogP contribution in [-0.2, 0) is 9.53 Å². The number of aliphatic carboxylic acids is 1. The van der Waals surface area contributed by atoms with Gasteiger partial charge < -0.3 is 20.5 Å².